The van der Waals surface area contributed by atoms with Gasteiger partial charge in [-0.05, 0) is 43.7 Å². The Bertz CT molecular complexity index is 1090. The molecule has 2 heterocycles. The van der Waals surface area contributed by atoms with Gasteiger partial charge < -0.3 is 24.6 Å². The number of piperazine rings is 1. The van der Waals surface area contributed by atoms with Crippen LogP contribution in [0, 0.1) is 6.92 Å². The monoisotopic (exact) mass is 450 g/mol. The molecule has 1 fully saturated rings. The summed E-state index contributed by atoms with van der Waals surface area (Å²) in [6, 6.07) is 13.8. The van der Waals surface area contributed by atoms with E-state index in [4.69, 9.17) is 9.47 Å². The summed E-state index contributed by atoms with van der Waals surface area (Å²) >= 11 is 0. The van der Waals surface area contributed by atoms with Gasteiger partial charge in [-0.3, -0.25) is 0 Å². The minimum absolute atomic E-state index is 0.0515. The zero-order chi connectivity index (χ0) is 23.2. The maximum atomic E-state index is 12.6. The largest absolute Gasteiger partial charge is 0.497 e. The first-order chi connectivity index (χ1) is 16.1. The molecule has 0 aliphatic carbocycles. The summed E-state index contributed by atoms with van der Waals surface area (Å²) in [4.78, 5) is 21.0. The molecule has 1 aliphatic heterocycles. The van der Waals surface area contributed by atoms with Crippen molar-refractivity contribution in [2.75, 3.05) is 44.8 Å². The number of amides is 2. The molecular formula is C24H30N6O3. The van der Waals surface area contributed by atoms with E-state index in [2.05, 4.69) is 26.4 Å². The van der Waals surface area contributed by atoms with E-state index in [0.717, 1.165) is 41.5 Å². The van der Waals surface area contributed by atoms with Crippen molar-refractivity contribution in [2.24, 2.45) is 0 Å². The molecule has 9 heteroatoms. The Morgan fingerprint density at radius 3 is 2.64 bits per heavy atom. The number of aryl methyl sites for hydroxylation is 1. The quantitative estimate of drug-likeness (QED) is 0.596. The SMILES string of the molecule is CCOc1cc(N2CCN(C(=O)NCc3cccc(OC)c3)CC2)ccc1-n1cnc(C)n1. The van der Waals surface area contributed by atoms with E-state index in [9.17, 15) is 4.79 Å². The smallest absolute Gasteiger partial charge is 0.317 e. The first-order valence-corrected chi connectivity index (χ1v) is 11.1. The molecule has 1 aromatic heterocycles. The molecule has 1 saturated heterocycles. The predicted molar refractivity (Wildman–Crippen MR) is 126 cm³/mol. The number of ether oxygens (including phenoxy) is 2. The van der Waals surface area contributed by atoms with Crippen LogP contribution in [-0.2, 0) is 6.54 Å². The molecular weight excluding hydrogens is 420 g/mol. The average molecular weight is 451 g/mol. The number of methoxy groups -OCH3 is 1. The molecule has 174 valence electrons. The Hall–Kier alpha value is -3.75. The molecule has 0 saturated carbocycles. The number of carbonyl (C=O) groups excluding carboxylic acids is 1. The van der Waals surface area contributed by atoms with Gasteiger partial charge in [0, 0.05) is 44.5 Å². The van der Waals surface area contributed by atoms with E-state index in [-0.39, 0.29) is 6.03 Å². The van der Waals surface area contributed by atoms with E-state index in [0.29, 0.717) is 32.1 Å². The average Bonchev–Trinajstić information content (AvgIpc) is 3.29. The summed E-state index contributed by atoms with van der Waals surface area (Å²) < 4.78 is 12.9. The van der Waals surface area contributed by atoms with Crippen molar-refractivity contribution >= 4 is 11.7 Å². The van der Waals surface area contributed by atoms with Crippen molar-refractivity contribution in [3.63, 3.8) is 0 Å². The van der Waals surface area contributed by atoms with Gasteiger partial charge in [0.15, 0.2) is 0 Å². The molecule has 2 aromatic carbocycles. The number of nitrogens with zero attached hydrogens (tertiary/aromatic N) is 5. The van der Waals surface area contributed by atoms with Gasteiger partial charge in [0.1, 0.15) is 29.3 Å². The van der Waals surface area contributed by atoms with Gasteiger partial charge in [-0.15, -0.1) is 0 Å². The zero-order valence-electron chi connectivity index (χ0n) is 19.3. The van der Waals surface area contributed by atoms with Gasteiger partial charge in [-0.25, -0.2) is 14.5 Å². The Kier molecular flexibility index (Phi) is 6.97. The van der Waals surface area contributed by atoms with Gasteiger partial charge in [-0.2, -0.15) is 5.10 Å². The molecule has 9 nitrogen and oxygen atoms in total. The lowest BCUT2D eigenvalue weighted by molar-refractivity contribution is 0.194. The summed E-state index contributed by atoms with van der Waals surface area (Å²) in [5.41, 5.74) is 2.93. The summed E-state index contributed by atoms with van der Waals surface area (Å²) in [6.45, 7) is 7.65. The van der Waals surface area contributed by atoms with Gasteiger partial charge >= 0.3 is 6.03 Å². The van der Waals surface area contributed by atoms with E-state index < -0.39 is 0 Å². The lowest BCUT2D eigenvalue weighted by atomic mass is 10.2. The van der Waals surface area contributed by atoms with Crippen LogP contribution in [0.1, 0.15) is 18.3 Å². The third-order valence-electron chi connectivity index (χ3n) is 5.61. The molecule has 1 N–H and O–H groups in total. The van der Waals surface area contributed by atoms with E-state index in [1.807, 2.05) is 55.1 Å². The summed E-state index contributed by atoms with van der Waals surface area (Å²) in [5.74, 6) is 2.26. The van der Waals surface area contributed by atoms with Crippen LogP contribution < -0.4 is 19.7 Å². The highest BCUT2D eigenvalue weighted by Gasteiger charge is 2.22. The number of aromatic nitrogens is 3. The summed E-state index contributed by atoms with van der Waals surface area (Å²) in [5, 5.41) is 7.40. The molecule has 1 aliphatic rings. The standard InChI is InChI=1S/C24H30N6O3/c1-4-33-23-15-20(8-9-22(23)30-17-26-18(2)27-30)28-10-12-29(13-11-28)24(31)25-16-19-6-5-7-21(14-19)32-3/h5-9,14-15,17H,4,10-13,16H2,1-3H3,(H,25,31). The number of urea groups is 1. The first-order valence-electron chi connectivity index (χ1n) is 11.1. The zero-order valence-corrected chi connectivity index (χ0v) is 19.3. The van der Waals surface area contributed by atoms with Crippen LogP contribution in [0.2, 0.25) is 0 Å². The Balaban J connectivity index is 1.36. The van der Waals surface area contributed by atoms with Crippen LogP contribution in [0.15, 0.2) is 48.8 Å². The van der Waals surface area contributed by atoms with Gasteiger partial charge in [0.2, 0.25) is 0 Å². The lowest BCUT2D eigenvalue weighted by Crippen LogP contribution is -2.51. The van der Waals surface area contributed by atoms with Crippen molar-refractivity contribution in [2.45, 2.75) is 20.4 Å². The second kappa shape index (κ2) is 10.2. The highest BCUT2D eigenvalue weighted by atomic mass is 16.5. The van der Waals surface area contributed by atoms with Crippen LogP contribution in [0.5, 0.6) is 11.5 Å². The second-order valence-electron chi connectivity index (χ2n) is 7.81. The molecule has 0 unspecified atom stereocenters. The van der Waals surface area contributed by atoms with Gasteiger partial charge in [0.25, 0.3) is 0 Å². The number of hydrogen-bond acceptors (Lipinski definition) is 6. The molecule has 2 amide bonds. The van der Waals surface area contributed by atoms with Gasteiger partial charge in [-0.1, -0.05) is 12.1 Å². The van der Waals surface area contributed by atoms with Crippen molar-refractivity contribution in [1.82, 2.24) is 25.0 Å². The Labute approximate surface area is 193 Å². The second-order valence-corrected chi connectivity index (χ2v) is 7.81. The van der Waals surface area contributed by atoms with Crippen LogP contribution in [0.25, 0.3) is 5.69 Å². The van der Waals surface area contributed by atoms with Crippen molar-refractivity contribution in [1.29, 1.82) is 0 Å². The number of hydrogen-bond donors (Lipinski definition) is 1. The maximum Gasteiger partial charge on any atom is 0.317 e. The Morgan fingerprint density at radius 2 is 1.94 bits per heavy atom. The minimum atomic E-state index is -0.0515. The fraction of sp³-hybridized carbons (Fsp3) is 0.375. The molecule has 0 atom stereocenters. The number of anilines is 1. The topological polar surface area (TPSA) is 84.8 Å². The maximum absolute atomic E-state index is 12.6. The molecule has 0 spiro atoms. The van der Waals surface area contributed by atoms with E-state index >= 15 is 0 Å². The molecule has 3 aromatic rings. The number of carbonyl (C=O) groups is 1. The number of nitrogens with one attached hydrogen (secondary N) is 1. The number of benzene rings is 2. The molecule has 0 bridgehead atoms. The van der Waals surface area contributed by atoms with E-state index in [1.165, 1.54) is 0 Å². The van der Waals surface area contributed by atoms with Crippen LogP contribution in [0.4, 0.5) is 10.5 Å². The van der Waals surface area contributed by atoms with Gasteiger partial charge in [0.05, 0.1) is 13.7 Å². The summed E-state index contributed by atoms with van der Waals surface area (Å²) in [7, 11) is 1.64. The van der Waals surface area contributed by atoms with Crippen LogP contribution in [0.3, 0.4) is 0 Å². The number of rotatable bonds is 7. The van der Waals surface area contributed by atoms with Crippen molar-refractivity contribution < 1.29 is 14.3 Å². The van der Waals surface area contributed by atoms with E-state index in [1.54, 1.807) is 18.1 Å². The Morgan fingerprint density at radius 1 is 1.12 bits per heavy atom. The predicted octanol–water partition coefficient (Wildman–Crippen LogP) is 3.01. The van der Waals surface area contributed by atoms with Crippen LogP contribution >= 0.6 is 0 Å². The lowest BCUT2D eigenvalue weighted by Gasteiger charge is -2.36. The molecule has 4 rings (SSSR count). The third kappa shape index (κ3) is 5.36. The molecule has 33 heavy (non-hydrogen) atoms. The fourth-order valence-corrected chi connectivity index (χ4v) is 3.86. The molecule has 0 radical (unpaired) electrons. The first kappa shape index (κ1) is 22.4. The highest BCUT2D eigenvalue weighted by Crippen LogP contribution is 2.29. The fourth-order valence-electron chi connectivity index (χ4n) is 3.86. The van der Waals surface area contributed by atoms with Crippen molar-refractivity contribution in [3.8, 4) is 17.2 Å². The third-order valence-corrected chi connectivity index (χ3v) is 5.61. The normalized spacial score (nSPS) is 13.7. The summed E-state index contributed by atoms with van der Waals surface area (Å²) in [6.07, 6.45) is 1.69. The highest BCUT2D eigenvalue weighted by molar-refractivity contribution is 5.74. The van der Waals surface area contributed by atoms with Crippen LogP contribution in [-0.4, -0.2) is 65.6 Å². The minimum Gasteiger partial charge on any atom is -0.497 e. The van der Waals surface area contributed by atoms with Crippen molar-refractivity contribution in [3.05, 3.63) is 60.2 Å².